The van der Waals surface area contributed by atoms with Gasteiger partial charge in [0.2, 0.25) is 0 Å². The van der Waals surface area contributed by atoms with E-state index in [0.717, 1.165) is 15.8 Å². The molecular formula is C10H11NOS2. The predicted molar refractivity (Wildman–Crippen MR) is 63.9 cm³/mol. The van der Waals surface area contributed by atoms with Crippen LogP contribution in [0.3, 0.4) is 0 Å². The fourth-order valence-electron chi connectivity index (χ4n) is 1.52. The van der Waals surface area contributed by atoms with Crippen LogP contribution in [0.2, 0.25) is 0 Å². The number of nitrogens with two attached hydrogens (primary N) is 1. The Balaban J connectivity index is 2.82. The fraction of sp³-hybridized carbons (Fsp3) is 0.200. The van der Waals surface area contributed by atoms with Crippen molar-refractivity contribution in [2.24, 2.45) is 0 Å². The Bertz CT molecular complexity index is 464. The molecule has 4 heteroatoms. The predicted octanol–water partition coefficient (Wildman–Crippen LogP) is 2.70. The maximum Gasteiger partial charge on any atom is 0.0713 e. The maximum absolute atomic E-state index is 9.24. The lowest BCUT2D eigenvalue weighted by atomic mass is 10.1. The number of nitrogen functional groups attached to an aromatic ring is 1. The summed E-state index contributed by atoms with van der Waals surface area (Å²) in [5.74, 6) is 0. The summed E-state index contributed by atoms with van der Waals surface area (Å²) in [6, 6.07) is 3.98. The van der Waals surface area contributed by atoms with Crippen LogP contribution in [0, 0.1) is 0 Å². The summed E-state index contributed by atoms with van der Waals surface area (Å²) in [6.45, 7) is 0.00977. The third-order valence-electron chi connectivity index (χ3n) is 2.20. The van der Waals surface area contributed by atoms with E-state index in [1.54, 1.807) is 23.1 Å². The largest absolute Gasteiger partial charge is 0.398 e. The van der Waals surface area contributed by atoms with Gasteiger partial charge >= 0.3 is 0 Å². The molecule has 0 bridgehead atoms. The lowest BCUT2D eigenvalue weighted by Crippen LogP contribution is -1.96. The number of aliphatic hydroxyl groups is 1. The number of anilines is 1. The second kappa shape index (κ2) is 3.81. The summed E-state index contributed by atoms with van der Waals surface area (Å²) in [6.07, 6.45) is 2.01. The Kier molecular flexibility index (Phi) is 2.67. The maximum atomic E-state index is 9.24. The minimum absolute atomic E-state index is 0.00977. The molecule has 0 amide bonds. The Labute approximate surface area is 90.7 Å². The molecule has 0 aliphatic heterocycles. The minimum atomic E-state index is 0.00977. The van der Waals surface area contributed by atoms with Gasteiger partial charge in [0.25, 0.3) is 0 Å². The van der Waals surface area contributed by atoms with Gasteiger partial charge in [-0.2, -0.15) is 0 Å². The van der Waals surface area contributed by atoms with Crippen molar-refractivity contribution in [2.75, 3.05) is 12.0 Å². The smallest absolute Gasteiger partial charge is 0.0713 e. The van der Waals surface area contributed by atoms with Gasteiger partial charge in [0.05, 0.1) is 6.61 Å². The van der Waals surface area contributed by atoms with Crippen molar-refractivity contribution in [1.82, 2.24) is 0 Å². The Hall–Kier alpha value is -0.710. The molecule has 14 heavy (non-hydrogen) atoms. The molecule has 2 nitrogen and oxygen atoms in total. The van der Waals surface area contributed by atoms with Crippen LogP contribution in [0.1, 0.15) is 5.56 Å². The molecule has 1 aromatic heterocycles. The molecule has 3 N–H and O–H groups in total. The molecule has 0 atom stereocenters. The van der Waals surface area contributed by atoms with E-state index in [2.05, 4.69) is 6.07 Å². The Morgan fingerprint density at radius 2 is 2.36 bits per heavy atom. The number of thioether (sulfide) groups is 1. The van der Waals surface area contributed by atoms with Crippen molar-refractivity contribution in [1.29, 1.82) is 0 Å². The van der Waals surface area contributed by atoms with Crippen molar-refractivity contribution >= 4 is 38.9 Å². The van der Waals surface area contributed by atoms with Crippen LogP contribution in [0.4, 0.5) is 5.69 Å². The highest BCUT2D eigenvalue weighted by atomic mass is 32.2. The van der Waals surface area contributed by atoms with E-state index in [1.807, 2.05) is 17.7 Å². The van der Waals surface area contributed by atoms with Crippen molar-refractivity contribution in [3.8, 4) is 0 Å². The average Bonchev–Trinajstić information content (AvgIpc) is 2.62. The van der Waals surface area contributed by atoms with Crippen molar-refractivity contribution in [2.45, 2.75) is 11.5 Å². The van der Waals surface area contributed by atoms with Crippen LogP contribution in [-0.4, -0.2) is 11.4 Å². The van der Waals surface area contributed by atoms with Gasteiger partial charge in [0, 0.05) is 20.8 Å². The van der Waals surface area contributed by atoms with Gasteiger partial charge in [-0.05, 0) is 29.2 Å². The molecule has 0 unspecified atom stereocenters. The standard InChI is InChI=1S/C10H11NOS2/c1-13-10-7(5-12)8(11)4-6-2-3-14-9(6)10/h2-4,12H,5,11H2,1H3. The molecule has 1 heterocycles. The van der Waals surface area contributed by atoms with Gasteiger partial charge in [0.1, 0.15) is 0 Å². The van der Waals surface area contributed by atoms with E-state index < -0.39 is 0 Å². The Morgan fingerprint density at radius 3 is 3.00 bits per heavy atom. The first-order chi connectivity index (χ1) is 6.77. The molecule has 1 aromatic carbocycles. The van der Waals surface area contributed by atoms with E-state index in [-0.39, 0.29) is 6.61 Å². The van der Waals surface area contributed by atoms with Crippen LogP contribution >= 0.6 is 23.1 Å². The SMILES string of the molecule is CSc1c(CO)c(N)cc2ccsc12. The fourth-order valence-corrected chi connectivity index (χ4v) is 3.49. The molecule has 2 rings (SSSR count). The van der Waals surface area contributed by atoms with Gasteiger partial charge in [-0.1, -0.05) is 0 Å². The first-order valence-electron chi connectivity index (χ1n) is 4.21. The summed E-state index contributed by atoms with van der Waals surface area (Å²) in [4.78, 5) is 1.11. The first-order valence-corrected chi connectivity index (χ1v) is 6.31. The number of thiophene rings is 1. The minimum Gasteiger partial charge on any atom is -0.398 e. The summed E-state index contributed by atoms with van der Waals surface area (Å²) >= 11 is 3.33. The monoisotopic (exact) mass is 225 g/mol. The van der Waals surface area contributed by atoms with Gasteiger partial charge in [0.15, 0.2) is 0 Å². The second-order valence-electron chi connectivity index (χ2n) is 2.97. The van der Waals surface area contributed by atoms with Crippen molar-refractivity contribution in [3.63, 3.8) is 0 Å². The van der Waals surface area contributed by atoms with E-state index in [9.17, 15) is 5.11 Å². The first kappa shape index (κ1) is 9.83. The van der Waals surface area contributed by atoms with Gasteiger partial charge in [-0.25, -0.2) is 0 Å². The van der Waals surface area contributed by atoms with E-state index >= 15 is 0 Å². The van der Waals surface area contributed by atoms with Crippen LogP contribution in [0.25, 0.3) is 10.1 Å². The second-order valence-corrected chi connectivity index (χ2v) is 4.71. The molecule has 0 spiro atoms. The van der Waals surface area contributed by atoms with Crippen molar-refractivity contribution in [3.05, 3.63) is 23.1 Å². The van der Waals surface area contributed by atoms with Gasteiger partial charge in [-0.15, -0.1) is 23.1 Å². The molecular weight excluding hydrogens is 214 g/mol. The van der Waals surface area contributed by atoms with Crippen LogP contribution in [-0.2, 0) is 6.61 Å². The molecule has 0 radical (unpaired) electrons. The average molecular weight is 225 g/mol. The molecule has 2 aromatic rings. The summed E-state index contributed by atoms with van der Waals surface area (Å²) < 4.78 is 1.22. The third kappa shape index (κ3) is 1.39. The molecule has 0 aliphatic carbocycles. The summed E-state index contributed by atoms with van der Waals surface area (Å²) in [7, 11) is 0. The number of hydrogen-bond donors (Lipinski definition) is 2. The molecule has 0 saturated carbocycles. The summed E-state index contributed by atoms with van der Waals surface area (Å²) in [5.41, 5.74) is 7.40. The topological polar surface area (TPSA) is 46.2 Å². The van der Waals surface area contributed by atoms with Gasteiger partial charge < -0.3 is 10.8 Å². The quantitative estimate of drug-likeness (QED) is 0.610. The van der Waals surface area contributed by atoms with Crippen LogP contribution < -0.4 is 5.73 Å². The number of fused-ring (bicyclic) bond motifs is 1. The highest BCUT2D eigenvalue weighted by molar-refractivity contribution is 7.99. The normalized spacial score (nSPS) is 11.0. The number of hydrogen-bond acceptors (Lipinski definition) is 4. The highest BCUT2D eigenvalue weighted by Gasteiger charge is 2.10. The molecule has 0 fully saturated rings. The van der Waals surface area contributed by atoms with E-state index in [0.29, 0.717) is 5.69 Å². The van der Waals surface area contributed by atoms with Crippen LogP contribution in [0.5, 0.6) is 0 Å². The zero-order chi connectivity index (χ0) is 10.1. The lowest BCUT2D eigenvalue weighted by Gasteiger charge is -2.09. The van der Waals surface area contributed by atoms with E-state index in [4.69, 9.17) is 5.73 Å². The highest BCUT2D eigenvalue weighted by Crippen LogP contribution is 2.37. The zero-order valence-electron chi connectivity index (χ0n) is 7.78. The van der Waals surface area contributed by atoms with Gasteiger partial charge in [-0.3, -0.25) is 0 Å². The number of rotatable bonds is 2. The van der Waals surface area contributed by atoms with Crippen molar-refractivity contribution < 1.29 is 5.11 Å². The van der Waals surface area contributed by atoms with E-state index in [1.165, 1.54) is 4.70 Å². The summed E-state index contributed by atoms with van der Waals surface area (Å²) in [5, 5.41) is 12.4. The molecule has 74 valence electrons. The Morgan fingerprint density at radius 1 is 1.57 bits per heavy atom. The lowest BCUT2D eigenvalue weighted by molar-refractivity contribution is 0.280. The third-order valence-corrected chi connectivity index (χ3v) is 4.13. The number of benzene rings is 1. The molecule has 0 aliphatic rings. The molecule has 0 saturated heterocycles. The zero-order valence-corrected chi connectivity index (χ0v) is 9.41. The number of aliphatic hydroxyl groups excluding tert-OH is 1. The van der Waals surface area contributed by atoms with Crippen LogP contribution in [0.15, 0.2) is 22.4 Å².